The molecule has 0 saturated carbocycles. The predicted molar refractivity (Wildman–Crippen MR) is 82.1 cm³/mol. The maximum Gasteiger partial charge on any atom is 0.153 e. The number of ether oxygens (including phenoxy) is 1. The number of fused-ring (bicyclic) bond motifs is 1. The van der Waals surface area contributed by atoms with Crippen LogP contribution in [0.5, 0.6) is 0 Å². The molecule has 5 atom stereocenters. The molecule has 2 aliphatic rings. The fourth-order valence-corrected chi connectivity index (χ4v) is 3.10. The molecule has 0 spiro atoms. The van der Waals surface area contributed by atoms with Gasteiger partial charge in [0.25, 0.3) is 0 Å². The highest BCUT2D eigenvalue weighted by atomic mass is 16.5. The van der Waals surface area contributed by atoms with Crippen LogP contribution in [0.2, 0.25) is 0 Å². The van der Waals surface area contributed by atoms with Crippen molar-refractivity contribution in [2.45, 2.75) is 57.5 Å². The fourth-order valence-electron chi connectivity index (χ4n) is 3.10. The third kappa shape index (κ3) is 2.60. The molecule has 1 saturated heterocycles. The fraction of sp³-hybridized carbons (Fsp3) is 0.667. The SMILES string of the molecule is CC(C)(C)C[C@H]1O[C@@H](C2C=Nc3c(N)ncnc32)[C@H](O)[C@@H]1O. The molecular weight excluding hydrogens is 284 g/mol. The Balaban J connectivity index is 1.83. The zero-order valence-corrected chi connectivity index (χ0v) is 13.0. The van der Waals surface area contributed by atoms with Crippen LogP contribution in [0, 0.1) is 5.41 Å². The van der Waals surface area contributed by atoms with Crippen molar-refractivity contribution in [1.82, 2.24) is 9.97 Å². The van der Waals surface area contributed by atoms with E-state index in [2.05, 4.69) is 35.7 Å². The van der Waals surface area contributed by atoms with Crippen molar-refractivity contribution >= 4 is 17.7 Å². The van der Waals surface area contributed by atoms with Crippen LogP contribution in [0.1, 0.15) is 38.8 Å². The average molecular weight is 306 g/mol. The van der Waals surface area contributed by atoms with E-state index in [0.717, 1.165) is 0 Å². The van der Waals surface area contributed by atoms with Crippen molar-refractivity contribution in [2.24, 2.45) is 10.4 Å². The van der Waals surface area contributed by atoms with Crippen LogP contribution in [-0.2, 0) is 4.74 Å². The van der Waals surface area contributed by atoms with Gasteiger partial charge in [-0.05, 0) is 11.8 Å². The first-order chi connectivity index (χ1) is 10.3. The molecule has 0 radical (unpaired) electrons. The number of aromatic nitrogens is 2. The topological polar surface area (TPSA) is 114 Å². The molecule has 3 rings (SSSR count). The van der Waals surface area contributed by atoms with Gasteiger partial charge in [-0.3, -0.25) is 4.99 Å². The van der Waals surface area contributed by atoms with Gasteiger partial charge in [0.05, 0.1) is 23.8 Å². The summed E-state index contributed by atoms with van der Waals surface area (Å²) in [6, 6.07) is 0. The van der Waals surface area contributed by atoms with Crippen LogP contribution in [0.15, 0.2) is 11.3 Å². The summed E-state index contributed by atoms with van der Waals surface area (Å²) >= 11 is 0. The van der Waals surface area contributed by atoms with Gasteiger partial charge < -0.3 is 20.7 Å². The maximum atomic E-state index is 10.4. The van der Waals surface area contributed by atoms with Crippen molar-refractivity contribution in [3.8, 4) is 0 Å². The van der Waals surface area contributed by atoms with E-state index in [1.165, 1.54) is 6.33 Å². The van der Waals surface area contributed by atoms with Gasteiger partial charge in [-0.15, -0.1) is 0 Å². The van der Waals surface area contributed by atoms with Crippen molar-refractivity contribution in [1.29, 1.82) is 0 Å². The van der Waals surface area contributed by atoms with Gasteiger partial charge >= 0.3 is 0 Å². The minimum Gasteiger partial charge on any atom is -0.388 e. The summed E-state index contributed by atoms with van der Waals surface area (Å²) in [4.78, 5) is 12.4. The molecule has 4 N–H and O–H groups in total. The Morgan fingerprint density at radius 3 is 2.64 bits per heavy atom. The molecule has 1 fully saturated rings. The zero-order chi connectivity index (χ0) is 16.1. The number of rotatable bonds is 2. The first kappa shape index (κ1) is 15.3. The Hall–Kier alpha value is -1.57. The Morgan fingerprint density at radius 2 is 1.95 bits per heavy atom. The van der Waals surface area contributed by atoms with Crippen LogP contribution in [0.25, 0.3) is 0 Å². The summed E-state index contributed by atoms with van der Waals surface area (Å²) in [5, 5.41) is 20.6. The summed E-state index contributed by atoms with van der Waals surface area (Å²) in [7, 11) is 0. The standard InChI is InChI=1S/C15H22N4O3/c1-15(2,3)4-8-11(20)12(21)13(22-8)7-5-17-10-9(7)18-6-19-14(10)16/h5-8,11-13,20-21H,4H2,1-3H3,(H2,16,18,19)/t7?,8-,11-,12-,13+/m1/s1. The number of hydrogen-bond donors (Lipinski definition) is 3. The summed E-state index contributed by atoms with van der Waals surface area (Å²) in [6.07, 6.45) is 0.811. The normalized spacial score (nSPS) is 34.1. The molecule has 0 bridgehead atoms. The molecule has 0 amide bonds. The number of aliphatic imine (C=N–C) groups is 1. The van der Waals surface area contributed by atoms with E-state index in [-0.39, 0.29) is 11.3 Å². The smallest absolute Gasteiger partial charge is 0.153 e. The van der Waals surface area contributed by atoms with E-state index in [0.29, 0.717) is 23.6 Å². The number of nitrogens with zero attached hydrogens (tertiary/aromatic N) is 3. The highest BCUT2D eigenvalue weighted by Crippen LogP contribution is 2.41. The van der Waals surface area contributed by atoms with Gasteiger partial charge in [0.2, 0.25) is 0 Å². The third-order valence-corrected chi connectivity index (χ3v) is 4.13. The van der Waals surface area contributed by atoms with E-state index in [9.17, 15) is 10.2 Å². The largest absolute Gasteiger partial charge is 0.388 e. The molecule has 3 heterocycles. The Labute approximate surface area is 129 Å². The molecular formula is C15H22N4O3. The first-order valence-electron chi connectivity index (χ1n) is 7.44. The van der Waals surface area contributed by atoms with Crippen LogP contribution < -0.4 is 5.73 Å². The molecule has 7 nitrogen and oxygen atoms in total. The van der Waals surface area contributed by atoms with E-state index in [1.807, 2.05) is 0 Å². The first-order valence-corrected chi connectivity index (χ1v) is 7.44. The summed E-state index contributed by atoms with van der Waals surface area (Å²) in [6.45, 7) is 6.22. The Morgan fingerprint density at radius 1 is 1.23 bits per heavy atom. The number of nitrogen functional groups attached to an aromatic ring is 1. The molecule has 2 aliphatic heterocycles. The summed E-state index contributed by atoms with van der Waals surface area (Å²) in [5.74, 6) is -0.0158. The summed E-state index contributed by atoms with van der Waals surface area (Å²) < 4.78 is 5.95. The second-order valence-electron chi connectivity index (χ2n) is 7.18. The number of aliphatic hydroxyl groups is 2. The van der Waals surface area contributed by atoms with E-state index in [1.54, 1.807) is 6.21 Å². The lowest BCUT2D eigenvalue weighted by atomic mass is 9.86. The molecule has 0 aromatic carbocycles. The minimum atomic E-state index is -0.981. The van der Waals surface area contributed by atoms with Crippen molar-refractivity contribution in [2.75, 3.05) is 5.73 Å². The molecule has 120 valence electrons. The van der Waals surface area contributed by atoms with Gasteiger partial charge in [-0.25, -0.2) is 9.97 Å². The molecule has 7 heteroatoms. The van der Waals surface area contributed by atoms with Gasteiger partial charge in [0.1, 0.15) is 24.2 Å². The molecule has 0 aliphatic carbocycles. The van der Waals surface area contributed by atoms with E-state index < -0.39 is 24.4 Å². The van der Waals surface area contributed by atoms with E-state index in [4.69, 9.17) is 10.5 Å². The van der Waals surface area contributed by atoms with Crippen LogP contribution in [0.3, 0.4) is 0 Å². The van der Waals surface area contributed by atoms with Crippen molar-refractivity contribution < 1.29 is 14.9 Å². The zero-order valence-electron chi connectivity index (χ0n) is 13.0. The molecule has 1 aromatic rings. The lowest BCUT2D eigenvalue weighted by Gasteiger charge is -2.25. The Bertz CT molecular complexity index is 599. The monoisotopic (exact) mass is 306 g/mol. The quantitative estimate of drug-likeness (QED) is 0.744. The Kier molecular flexibility index (Phi) is 3.66. The second-order valence-corrected chi connectivity index (χ2v) is 7.18. The maximum absolute atomic E-state index is 10.4. The van der Waals surface area contributed by atoms with Gasteiger partial charge in [0, 0.05) is 6.21 Å². The van der Waals surface area contributed by atoms with Crippen LogP contribution in [-0.4, -0.2) is 50.8 Å². The summed E-state index contributed by atoms with van der Waals surface area (Å²) in [5.41, 5.74) is 6.95. The van der Waals surface area contributed by atoms with Crippen LogP contribution in [0.4, 0.5) is 11.5 Å². The second kappa shape index (κ2) is 5.26. The molecule has 1 aromatic heterocycles. The predicted octanol–water partition coefficient (Wildman–Crippen LogP) is 0.784. The lowest BCUT2D eigenvalue weighted by molar-refractivity contribution is -0.0147. The van der Waals surface area contributed by atoms with Crippen molar-refractivity contribution in [3.63, 3.8) is 0 Å². The highest BCUT2D eigenvalue weighted by Gasteiger charge is 2.48. The lowest BCUT2D eigenvalue weighted by Crippen LogP contribution is -2.36. The molecule has 1 unspecified atom stereocenters. The van der Waals surface area contributed by atoms with Gasteiger partial charge in [0.15, 0.2) is 5.82 Å². The minimum absolute atomic E-state index is 0.00543. The number of hydrogen-bond acceptors (Lipinski definition) is 7. The van der Waals surface area contributed by atoms with Crippen molar-refractivity contribution in [3.05, 3.63) is 12.0 Å². The molecule has 22 heavy (non-hydrogen) atoms. The van der Waals surface area contributed by atoms with Gasteiger partial charge in [-0.2, -0.15) is 0 Å². The number of anilines is 1. The highest BCUT2D eigenvalue weighted by molar-refractivity contribution is 5.84. The average Bonchev–Trinajstić information content (AvgIpc) is 2.95. The van der Waals surface area contributed by atoms with E-state index >= 15 is 0 Å². The third-order valence-electron chi connectivity index (χ3n) is 4.13. The number of aliphatic hydroxyl groups excluding tert-OH is 2. The van der Waals surface area contributed by atoms with Gasteiger partial charge in [-0.1, -0.05) is 20.8 Å². The number of nitrogens with two attached hydrogens (primary N) is 1. The van der Waals surface area contributed by atoms with Crippen LogP contribution >= 0.6 is 0 Å².